The van der Waals surface area contributed by atoms with Crippen LogP contribution in [-0.4, -0.2) is 26.3 Å². The van der Waals surface area contributed by atoms with Gasteiger partial charge in [-0.2, -0.15) is 5.10 Å². The quantitative estimate of drug-likeness (QED) is 0.760. The summed E-state index contributed by atoms with van der Waals surface area (Å²) in [4.78, 5) is 17.7. The van der Waals surface area contributed by atoms with E-state index in [4.69, 9.17) is 16.6 Å². The Morgan fingerprint density at radius 3 is 2.95 bits per heavy atom. The van der Waals surface area contributed by atoms with E-state index in [-0.39, 0.29) is 11.6 Å². The predicted octanol–water partition coefficient (Wildman–Crippen LogP) is 2.19. The molecule has 0 radical (unpaired) electrons. The molecule has 0 aliphatic carbocycles. The van der Waals surface area contributed by atoms with Crippen LogP contribution in [0.3, 0.4) is 0 Å². The first kappa shape index (κ1) is 13.5. The largest absolute Gasteiger partial charge is 0.307 e. The molecule has 3 heterocycles. The molecule has 2 N–H and O–H groups in total. The van der Waals surface area contributed by atoms with Crippen molar-refractivity contribution in [2.75, 3.05) is 6.54 Å². The highest BCUT2D eigenvalue weighted by molar-refractivity contribution is 6.35. The minimum atomic E-state index is -0.177. The van der Waals surface area contributed by atoms with Crippen molar-refractivity contribution in [2.24, 2.45) is 0 Å². The van der Waals surface area contributed by atoms with Crippen LogP contribution in [0.25, 0.3) is 16.7 Å². The van der Waals surface area contributed by atoms with Gasteiger partial charge in [-0.1, -0.05) is 17.7 Å². The SMILES string of the molecule is O=c1c2c(Cl)cccc2nc(C2CCCN2)n1-c1ccn[nH]1. The van der Waals surface area contributed by atoms with E-state index in [1.807, 2.05) is 12.1 Å². The number of fused-ring (bicyclic) bond motifs is 1. The Balaban J connectivity index is 2.08. The van der Waals surface area contributed by atoms with Crippen molar-refractivity contribution in [3.8, 4) is 5.82 Å². The van der Waals surface area contributed by atoms with E-state index >= 15 is 0 Å². The molecule has 6 nitrogen and oxygen atoms in total. The smallest absolute Gasteiger partial charge is 0.268 e. The summed E-state index contributed by atoms with van der Waals surface area (Å²) in [6, 6.07) is 7.14. The number of benzene rings is 1. The molecule has 1 unspecified atom stereocenters. The Hall–Kier alpha value is -2.18. The van der Waals surface area contributed by atoms with Crippen molar-refractivity contribution in [3.63, 3.8) is 0 Å². The second-order valence-electron chi connectivity index (χ2n) is 5.34. The fourth-order valence-electron chi connectivity index (χ4n) is 2.95. The van der Waals surface area contributed by atoms with Gasteiger partial charge in [0.15, 0.2) is 0 Å². The first-order valence-electron chi connectivity index (χ1n) is 7.20. The van der Waals surface area contributed by atoms with E-state index in [2.05, 4.69) is 15.5 Å². The van der Waals surface area contributed by atoms with Gasteiger partial charge < -0.3 is 5.32 Å². The van der Waals surface area contributed by atoms with E-state index in [0.717, 1.165) is 19.4 Å². The summed E-state index contributed by atoms with van der Waals surface area (Å²) in [5.41, 5.74) is 0.445. The van der Waals surface area contributed by atoms with E-state index in [1.165, 1.54) is 0 Å². The molecule has 1 aliphatic heterocycles. The molecule has 7 heteroatoms. The maximum atomic E-state index is 13.0. The second kappa shape index (κ2) is 5.23. The number of aromatic nitrogens is 4. The maximum absolute atomic E-state index is 13.0. The van der Waals surface area contributed by atoms with E-state index in [0.29, 0.717) is 27.6 Å². The molecule has 4 rings (SSSR count). The molecule has 1 fully saturated rings. The zero-order valence-electron chi connectivity index (χ0n) is 11.7. The van der Waals surface area contributed by atoms with Gasteiger partial charge in [0, 0.05) is 6.07 Å². The minimum Gasteiger partial charge on any atom is -0.307 e. The van der Waals surface area contributed by atoms with Crippen molar-refractivity contribution in [1.29, 1.82) is 0 Å². The number of hydrogen-bond acceptors (Lipinski definition) is 4. The monoisotopic (exact) mass is 315 g/mol. The fraction of sp³-hybridized carbons (Fsp3) is 0.267. The van der Waals surface area contributed by atoms with Crippen molar-refractivity contribution < 1.29 is 0 Å². The third-order valence-electron chi connectivity index (χ3n) is 3.97. The molecule has 1 atom stereocenters. The summed E-state index contributed by atoms with van der Waals surface area (Å²) < 4.78 is 1.57. The standard InChI is InChI=1S/C15H14ClN5O/c16-9-3-1-4-10-13(9)15(22)21(12-6-8-18-20-12)14(19-10)11-5-2-7-17-11/h1,3-4,6,8,11,17H,2,5,7H2,(H,18,20). The van der Waals surface area contributed by atoms with E-state index < -0.39 is 0 Å². The molecule has 22 heavy (non-hydrogen) atoms. The number of hydrogen-bond donors (Lipinski definition) is 2. The van der Waals surface area contributed by atoms with Crippen molar-refractivity contribution in [1.82, 2.24) is 25.1 Å². The van der Waals surface area contributed by atoms with Gasteiger partial charge >= 0.3 is 0 Å². The average Bonchev–Trinajstić information content (AvgIpc) is 3.20. The van der Waals surface area contributed by atoms with Crippen LogP contribution in [0.4, 0.5) is 0 Å². The number of nitrogens with one attached hydrogen (secondary N) is 2. The van der Waals surface area contributed by atoms with Crippen molar-refractivity contribution in [2.45, 2.75) is 18.9 Å². The van der Waals surface area contributed by atoms with E-state index in [1.54, 1.807) is 22.9 Å². The van der Waals surface area contributed by atoms with Gasteiger partial charge in [0.1, 0.15) is 11.6 Å². The first-order chi connectivity index (χ1) is 10.8. The second-order valence-corrected chi connectivity index (χ2v) is 5.74. The molecule has 0 amide bonds. The molecule has 3 aromatic rings. The van der Waals surface area contributed by atoms with Gasteiger partial charge in [-0.05, 0) is 31.5 Å². The van der Waals surface area contributed by atoms with Crippen molar-refractivity contribution in [3.05, 3.63) is 51.7 Å². The van der Waals surface area contributed by atoms with Crippen LogP contribution in [0.15, 0.2) is 35.3 Å². The minimum absolute atomic E-state index is 0.0550. The zero-order valence-corrected chi connectivity index (χ0v) is 12.5. The normalized spacial score (nSPS) is 18.1. The van der Waals surface area contributed by atoms with Crippen LogP contribution in [0.1, 0.15) is 24.7 Å². The lowest BCUT2D eigenvalue weighted by atomic mass is 10.2. The summed E-state index contributed by atoms with van der Waals surface area (Å²) in [6.45, 7) is 0.928. The molecule has 112 valence electrons. The first-order valence-corrected chi connectivity index (χ1v) is 7.58. The number of H-pyrrole nitrogens is 1. The van der Waals surface area contributed by atoms with Crippen LogP contribution in [0.2, 0.25) is 5.02 Å². The number of aromatic amines is 1. The van der Waals surface area contributed by atoms with Gasteiger partial charge in [-0.3, -0.25) is 9.89 Å². The highest BCUT2D eigenvalue weighted by atomic mass is 35.5. The van der Waals surface area contributed by atoms with Gasteiger partial charge in [-0.25, -0.2) is 9.55 Å². The third kappa shape index (κ3) is 2.03. The molecule has 1 saturated heterocycles. The Morgan fingerprint density at radius 2 is 2.23 bits per heavy atom. The maximum Gasteiger partial charge on any atom is 0.268 e. The molecular weight excluding hydrogens is 302 g/mol. The van der Waals surface area contributed by atoms with Gasteiger partial charge in [0.2, 0.25) is 0 Å². The molecule has 0 spiro atoms. The van der Waals surface area contributed by atoms with Gasteiger partial charge in [0.05, 0.1) is 28.2 Å². The Morgan fingerprint density at radius 1 is 1.32 bits per heavy atom. The lowest BCUT2D eigenvalue weighted by Gasteiger charge is -2.17. The summed E-state index contributed by atoms with van der Waals surface area (Å²) in [5, 5.41) is 11.0. The van der Waals surface area contributed by atoms with Crippen LogP contribution in [0.5, 0.6) is 0 Å². The Kier molecular flexibility index (Phi) is 3.20. The Bertz CT molecular complexity index is 881. The third-order valence-corrected chi connectivity index (χ3v) is 4.29. The highest BCUT2D eigenvalue weighted by Crippen LogP contribution is 2.26. The topological polar surface area (TPSA) is 75.6 Å². The molecular formula is C15H14ClN5O. The lowest BCUT2D eigenvalue weighted by molar-refractivity contribution is 0.581. The van der Waals surface area contributed by atoms with E-state index in [9.17, 15) is 4.79 Å². The van der Waals surface area contributed by atoms with Crippen LogP contribution in [-0.2, 0) is 0 Å². The molecule has 2 aromatic heterocycles. The lowest BCUT2D eigenvalue weighted by Crippen LogP contribution is -2.29. The molecule has 0 saturated carbocycles. The molecule has 1 aliphatic rings. The number of halogens is 1. The summed E-state index contributed by atoms with van der Waals surface area (Å²) in [5.74, 6) is 1.30. The predicted molar refractivity (Wildman–Crippen MR) is 84.5 cm³/mol. The van der Waals surface area contributed by atoms with Gasteiger partial charge in [0.25, 0.3) is 5.56 Å². The van der Waals surface area contributed by atoms with Crippen LogP contribution >= 0.6 is 11.6 Å². The van der Waals surface area contributed by atoms with Crippen LogP contribution in [0, 0.1) is 0 Å². The highest BCUT2D eigenvalue weighted by Gasteiger charge is 2.24. The number of rotatable bonds is 2. The summed E-state index contributed by atoms with van der Waals surface area (Å²) >= 11 is 6.21. The fourth-order valence-corrected chi connectivity index (χ4v) is 3.20. The molecule has 0 bridgehead atoms. The summed E-state index contributed by atoms with van der Waals surface area (Å²) in [7, 11) is 0. The van der Waals surface area contributed by atoms with Crippen molar-refractivity contribution >= 4 is 22.5 Å². The summed E-state index contributed by atoms with van der Waals surface area (Å²) in [6.07, 6.45) is 3.63. The van der Waals surface area contributed by atoms with Gasteiger partial charge in [-0.15, -0.1) is 0 Å². The molecule has 1 aromatic carbocycles. The number of nitrogens with zero attached hydrogens (tertiary/aromatic N) is 3. The Labute approximate surface area is 131 Å². The van der Waals surface area contributed by atoms with Crippen LogP contribution < -0.4 is 10.9 Å². The zero-order chi connectivity index (χ0) is 15.1. The average molecular weight is 316 g/mol.